The number of hydrogen-bond donors (Lipinski definition) is 0. The van der Waals surface area contributed by atoms with Gasteiger partial charge in [-0.1, -0.05) is 71.4 Å². The molecule has 1 amide bonds. The highest BCUT2D eigenvalue weighted by atomic mass is 35.5. The highest BCUT2D eigenvalue weighted by Gasteiger charge is 2.19. The number of para-hydroxylation sites is 2. The molecule has 0 spiro atoms. The summed E-state index contributed by atoms with van der Waals surface area (Å²) >= 11 is 13.1. The van der Waals surface area contributed by atoms with Crippen molar-refractivity contribution in [3.8, 4) is 5.75 Å². The third-order valence-electron chi connectivity index (χ3n) is 4.29. The lowest BCUT2D eigenvalue weighted by molar-refractivity contribution is -0.115. The van der Waals surface area contributed by atoms with Crippen molar-refractivity contribution in [2.24, 2.45) is 0 Å². The first-order valence-electron chi connectivity index (χ1n) is 9.56. The summed E-state index contributed by atoms with van der Waals surface area (Å²) in [5.41, 5.74) is 1.56. The smallest absolute Gasteiger partial charge is 0.277 e. The molecule has 0 fully saturated rings. The van der Waals surface area contributed by atoms with E-state index in [1.54, 1.807) is 23.1 Å². The zero-order valence-corrected chi connectivity index (χ0v) is 19.0. The van der Waals surface area contributed by atoms with Crippen LogP contribution in [0.3, 0.4) is 0 Å². The monoisotopic (exact) mass is 485 g/mol. The predicted molar refractivity (Wildman–Crippen MR) is 126 cm³/mol. The molecular formula is C23H17Cl2N3O3S. The Morgan fingerprint density at radius 3 is 2.22 bits per heavy atom. The third kappa shape index (κ3) is 5.62. The number of halogens is 2. The van der Waals surface area contributed by atoms with Crippen molar-refractivity contribution in [2.75, 3.05) is 10.7 Å². The number of anilines is 2. The van der Waals surface area contributed by atoms with Gasteiger partial charge < -0.3 is 9.15 Å². The quantitative estimate of drug-likeness (QED) is 0.268. The molecule has 3 aromatic carbocycles. The number of benzene rings is 3. The number of aromatic nitrogens is 2. The maximum absolute atomic E-state index is 13.1. The van der Waals surface area contributed by atoms with Gasteiger partial charge >= 0.3 is 0 Å². The molecule has 1 heterocycles. The summed E-state index contributed by atoms with van der Waals surface area (Å²) in [7, 11) is 0. The van der Waals surface area contributed by atoms with Crippen LogP contribution in [0, 0.1) is 0 Å². The van der Waals surface area contributed by atoms with Crippen LogP contribution in [0.1, 0.15) is 5.89 Å². The number of carbonyl (C=O) groups excluding carboxylic acids is 1. The van der Waals surface area contributed by atoms with Gasteiger partial charge in [-0.3, -0.25) is 9.69 Å². The van der Waals surface area contributed by atoms with Crippen molar-refractivity contribution >= 4 is 52.2 Å². The summed E-state index contributed by atoms with van der Waals surface area (Å²) < 4.78 is 11.2. The number of thioether (sulfide) groups is 1. The van der Waals surface area contributed by atoms with E-state index in [0.29, 0.717) is 15.8 Å². The Morgan fingerprint density at radius 1 is 0.938 bits per heavy atom. The Kier molecular flexibility index (Phi) is 7.32. The van der Waals surface area contributed by atoms with Gasteiger partial charge in [0.1, 0.15) is 5.75 Å². The lowest BCUT2D eigenvalue weighted by atomic mass is 10.2. The number of carbonyl (C=O) groups is 1. The number of rotatable bonds is 8. The van der Waals surface area contributed by atoms with Gasteiger partial charge in [-0.15, -0.1) is 10.2 Å². The molecule has 0 N–H and O–H groups in total. The molecule has 162 valence electrons. The molecule has 0 radical (unpaired) electrons. The van der Waals surface area contributed by atoms with E-state index in [0.717, 1.165) is 23.1 Å². The highest BCUT2D eigenvalue weighted by molar-refractivity contribution is 7.99. The van der Waals surface area contributed by atoms with Gasteiger partial charge in [0.25, 0.3) is 11.1 Å². The largest absolute Gasteiger partial charge is 0.482 e. The fourth-order valence-electron chi connectivity index (χ4n) is 2.87. The average Bonchev–Trinajstić information content (AvgIpc) is 3.27. The maximum atomic E-state index is 13.1. The molecule has 6 nitrogen and oxygen atoms in total. The zero-order chi connectivity index (χ0) is 22.3. The average molecular weight is 486 g/mol. The van der Waals surface area contributed by atoms with Crippen LogP contribution in [-0.2, 0) is 11.4 Å². The van der Waals surface area contributed by atoms with Crippen LogP contribution in [0.2, 0.25) is 10.0 Å². The summed E-state index contributed by atoms with van der Waals surface area (Å²) in [5.74, 6) is 0.736. The second-order valence-electron chi connectivity index (χ2n) is 6.51. The Labute approximate surface area is 199 Å². The maximum Gasteiger partial charge on any atom is 0.277 e. The normalized spacial score (nSPS) is 10.7. The van der Waals surface area contributed by atoms with Gasteiger partial charge in [0.15, 0.2) is 6.61 Å². The van der Waals surface area contributed by atoms with E-state index in [1.165, 1.54) is 0 Å². The lowest BCUT2D eigenvalue weighted by Gasteiger charge is -2.22. The van der Waals surface area contributed by atoms with Gasteiger partial charge in [-0.05, 0) is 42.5 Å². The molecule has 4 aromatic rings. The van der Waals surface area contributed by atoms with Crippen molar-refractivity contribution in [1.29, 1.82) is 0 Å². The Morgan fingerprint density at radius 2 is 1.59 bits per heavy atom. The van der Waals surface area contributed by atoms with Crippen LogP contribution in [0.4, 0.5) is 11.4 Å². The minimum absolute atomic E-state index is 0.0447. The Balaban J connectivity index is 1.39. The van der Waals surface area contributed by atoms with Gasteiger partial charge in [0.05, 0.1) is 10.8 Å². The van der Waals surface area contributed by atoms with Crippen LogP contribution in [0.15, 0.2) is 88.5 Å². The van der Waals surface area contributed by atoms with E-state index in [9.17, 15) is 4.79 Å². The molecule has 0 aliphatic rings. The minimum atomic E-state index is -0.114. The predicted octanol–water partition coefficient (Wildman–Crippen LogP) is 6.41. The van der Waals surface area contributed by atoms with Gasteiger partial charge in [-0.25, -0.2) is 0 Å². The summed E-state index contributed by atoms with van der Waals surface area (Å²) in [4.78, 5) is 14.7. The summed E-state index contributed by atoms with van der Waals surface area (Å²) in [6, 6.07) is 23.9. The molecule has 0 atom stereocenters. The molecule has 0 unspecified atom stereocenters. The SMILES string of the molecule is O=C(CSc1nnc(COc2ccc(Cl)cc2Cl)o1)N(c1ccccc1)c1ccccc1. The molecular weight excluding hydrogens is 469 g/mol. The molecule has 32 heavy (non-hydrogen) atoms. The zero-order valence-electron chi connectivity index (χ0n) is 16.7. The first-order chi connectivity index (χ1) is 15.6. The number of amides is 1. The first-order valence-corrected chi connectivity index (χ1v) is 11.3. The number of nitrogens with zero attached hydrogens (tertiary/aromatic N) is 3. The Bertz CT molecular complexity index is 1150. The van der Waals surface area contributed by atoms with Gasteiger partial charge in [0, 0.05) is 16.4 Å². The van der Waals surface area contributed by atoms with Gasteiger partial charge in [-0.2, -0.15) is 0 Å². The Hall–Kier alpha value is -3.00. The van der Waals surface area contributed by atoms with Crippen molar-refractivity contribution in [3.05, 3.63) is 94.8 Å². The van der Waals surface area contributed by atoms with E-state index in [-0.39, 0.29) is 29.4 Å². The van der Waals surface area contributed by atoms with E-state index >= 15 is 0 Å². The van der Waals surface area contributed by atoms with E-state index in [2.05, 4.69) is 10.2 Å². The minimum Gasteiger partial charge on any atom is -0.482 e. The van der Waals surface area contributed by atoms with Crippen molar-refractivity contribution in [3.63, 3.8) is 0 Å². The van der Waals surface area contributed by atoms with Crippen LogP contribution < -0.4 is 9.64 Å². The summed E-state index contributed by atoms with van der Waals surface area (Å²) in [6.45, 7) is 0.0447. The van der Waals surface area contributed by atoms with Gasteiger partial charge in [0.2, 0.25) is 5.91 Å². The lowest BCUT2D eigenvalue weighted by Crippen LogP contribution is -2.27. The third-order valence-corrected chi connectivity index (χ3v) is 5.62. The molecule has 9 heteroatoms. The molecule has 0 saturated heterocycles. The number of hydrogen-bond acceptors (Lipinski definition) is 6. The standard InChI is InChI=1S/C23H17Cl2N3O3S/c24-16-11-12-20(19(25)13-16)30-14-21-26-27-23(31-21)32-15-22(29)28(17-7-3-1-4-8-17)18-9-5-2-6-10-18/h1-13H,14-15H2. The highest BCUT2D eigenvalue weighted by Crippen LogP contribution is 2.29. The molecule has 4 rings (SSSR count). The van der Waals surface area contributed by atoms with Crippen molar-refractivity contribution in [2.45, 2.75) is 11.8 Å². The van der Waals surface area contributed by atoms with Crippen molar-refractivity contribution < 1.29 is 13.9 Å². The first kappa shape index (κ1) is 22.2. The summed E-state index contributed by atoms with van der Waals surface area (Å²) in [5, 5.41) is 9.13. The second-order valence-corrected chi connectivity index (χ2v) is 8.28. The van der Waals surface area contributed by atoms with Crippen molar-refractivity contribution in [1.82, 2.24) is 10.2 Å². The summed E-state index contributed by atoms with van der Waals surface area (Å²) in [6.07, 6.45) is 0. The molecule has 1 aromatic heterocycles. The fourth-order valence-corrected chi connectivity index (χ4v) is 3.96. The van der Waals surface area contributed by atoms with E-state index < -0.39 is 0 Å². The van der Waals surface area contributed by atoms with Crippen LogP contribution in [0.5, 0.6) is 5.75 Å². The van der Waals surface area contributed by atoms with Crippen LogP contribution in [-0.4, -0.2) is 21.9 Å². The van der Waals surface area contributed by atoms with Crippen LogP contribution >= 0.6 is 35.0 Å². The van der Waals surface area contributed by atoms with Crippen LogP contribution in [0.25, 0.3) is 0 Å². The second kappa shape index (κ2) is 10.5. The van der Waals surface area contributed by atoms with E-state index in [1.807, 2.05) is 60.7 Å². The fraction of sp³-hybridized carbons (Fsp3) is 0.0870. The van der Waals surface area contributed by atoms with E-state index in [4.69, 9.17) is 32.4 Å². The molecule has 0 aliphatic carbocycles. The molecule has 0 saturated carbocycles. The number of ether oxygens (including phenoxy) is 1. The topological polar surface area (TPSA) is 68.5 Å². The molecule has 0 bridgehead atoms. The molecule has 0 aliphatic heterocycles.